The molecule has 1 saturated heterocycles. The SMILES string of the molecule is CC(CO)CNC(C)C(c1ccccc1)N1CCOCC1. The molecule has 0 aromatic heterocycles. The van der Waals surface area contributed by atoms with Crippen LogP contribution in [0.25, 0.3) is 0 Å². The van der Waals surface area contributed by atoms with Crippen molar-refractivity contribution in [3.8, 4) is 0 Å². The van der Waals surface area contributed by atoms with Crippen molar-refractivity contribution in [2.24, 2.45) is 5.92 Å². The van der Waals surface area contributed by atoms with Crippen molar-refractivity contribution in [1.82, 2.24) is 10.2 Å². The summed E-state index contributed by atoms with van der Waals surface area (Å²) in [7, 11) is 0. The number of hydrogen-bond donors (Lipinski definition) is 2. The molecule has 3 atom stereocenters. The van der Waals surface area contributed by atoms with E-state index in [0.29, 0.717) is 12.1 Å². The Balaban J connectivity index is 2.07. The second-order valence-corrected chi connectivity index (χ2v) is 5.99. The molecule has 1 aliphatic rings. The minimum atomic E-state index is 0.229. The van der Waals surface area contributed by atoms with Gasteiger partial charge < -0.3 is 15.2 Å². The molecular formula is C17H28N2O2. The number of hydrogen-bond acceptors (Lipinski definition) is 4. The fourth-order valence-corrected chi connectivity index (χ4v) is 2.88. The average Bonchev–Trinajstić information content (AvgIpc) is 2.55. The van der Waals surface area contributed by atoms with Gasteiger partial charge in [0.15, 0.2) is 0 Å². The number of ether oxygens (including phenoxy) is 1. The minimum Gasteiger partial charge on any atom is -0.396 e. The molecule has 2 rings (SSSR count). The number of aliphatic hydroxyl groups is 1. The van der Waals surface area contributed by atoms with E-state index in [1.54, 1.807) is 0 Å². The second-order valence-electron chi connectivity index (χ2n) is 5.99. The molecule has 118 valence electrons. The summed E-state index contributed by atoms with van der Waals surface area (Å²) in [6.07, 6.45) is 0. The third-order valence-electron chi connectivity index (χ3n) is 4.15. The third kappa shape index (κ3) is 4.78. The van der Waals surface area contributed by atoms with Gasteiger partial charge in [-0.25, -0.2) is 0 Å². The summed E-state index contributed by atoms with van der Waals surface area (Å²) in [5, 5.41) is 12.8. The van der Waals surface area contributed by atoms with Crippen molar-refractivity contribution in [3.05, 3.63) is 35.9 Å². The molecule has 4 heteroatoms. The van der Waals surface area contributed by atoms with Gasteiger partial charge in [-0.2, -0.15) is 0 Å². The van der Waals surface area contributed by atoms with Gasteiger partial charge in [0.05, 0.1) is 19.3 Å². The van der Waals surface area contributed by atoms with E-state index >= 15 is 0 Å². The molecule has 4 nitrogen and oxygen atoms in total. The summed E-state index contributed by atoms with van der Waals surface area (Å²) in [4.78, 5) is 2.50. The Morgan fingerprint density at radius 3 is 2.48 bits per heavy atom. The number of nitrogens with zero attached hydrogens (tertiary/aromatic N) is 1. The lowest BCUT2D eigenvalue weighted by molar-refractivity contribution is 0.00828. The van der Waals surface area contributed by atoms with Crippen LogP contribution in [0.15, 0.2) is 30.3 Å². The molecule has 1 fully saturated rings. The third-order valence-corrected chi connectivity index (χ3v) is 4.15. The Labute approximate surface area is 128 Å². The van der Waals surface area contributed by atoms with E-state index in [1.807, 2.05) is 0 Å². The van der Waals surface area contributed by atoms with Crippen LogP contribution in [-0.2, 0) is 4.74 Å². The van der Waals surface area contributed by atoms with Crippen LogP contribution in [0.5, 0.6) is 0 Å². The number of benzene rings is 1. The van der Waals surface area contributed by atoms with Crippen LogP contribution in [-0.4, -0.2) is 55.5 Å². The molecule has 2 N–H and O–H groups in total. The molecule has 0 bridgehead atoms. The normalized spacial score (nSPS) is 20.9. The van der Waals surface area contributed by atoms with Gasteiger partial charge in [-0.15, -0.1) is 0 Å². The Kier molecular flexibility index (Phi) is 6.64. The molecule has 21 heavy (non-hydrogen) atoms. The standard InChI is InChI=1S/C17H28N2O2/c1-14(13-20)12-18-15(2)17(16-6-4-3-5-7-16)19-8-10-21-11-9-19/h3-7,14-15,17-18,20H,8-13H2,1-2H3. The lowest BCUT2D eigenvalue weighted by Crippen LogP contribution is -2.47. The zero-order valence-electron chi connectivity index (χ0n) is 13.2. The quantitative estimate of drug-likeness (QED) is 0.802. The van der Waals surface area contributed by atoms with E-state index in [-0.39, 0.29) is 12.5 Å². The summed E-state index contributed by atoms with van der Waals surface area (Å²) in [5.41, 5.74) is 1.34. The van der Waals surface area contributed by atoms with Crippen LogP contribution in [0, 0.1) is 5.92 Å². The molecule has 3 unspecified atom stereocenters. The topological polar surface area (TPSA) is 44.7 Å². The zero-order valence-corrected chi connectivity index (χ0v) is 13.2. The highest BCUT2D eigenvalue weighted by Crippen LogP contribution is 2.25. The Morgan fingerprint density at radius 1 is 1.19 bits per heavy atom. The maximum Gasteiger partial charge on any atom is 0.0594 e. The summed E-state index contributed by atoms with van der Waals surface area (Å²) in [5.74, 6) is 0.286. The number of rotatable bonds is 7. The Hall–Kier alpha value is -0.940. The summed E-state index contributed by atoms with van der Waals surface area (Å²) < 4.78 is 5.49. The van der Waals surface area contributed by atoms with Crippen LogP contribution in [0.2, 0.25) is 0 Å². The van der Waals surface area contributed by atoms with Crippen molar-refractivity contribution in [2.75, 3.05) is 39.5 Å². The first kappa shape index (κ1) is 16.4. The zero-order chi connectivity index (χ0) is 15.1. The minimum absolute atomic E-state index is 0.229. The van der Waals surface area contributed by atoms with Gasteiger partial charge in [0.1, 0.15) is 0 Å². The summed E-state index contributed by atoms with van der Waals surface area (Å²) >= 11 is 0. The first-order chi connectivity index (χ1) is 10.2. The van der Waals surface area contributed by atoms with Crippen molar-refractivity contribution in [3.63, 3.8) is 0 Å². The van der Waals surface area contributed by atoms with Crippen molar-refractivity contribution >= 4 is 0 Å². The first-order valence-corrected chi connectivity index (χ1v) is 7.93. The largest absolute Gasteiger partial charge is 0.396 e. The predicted molar refractivity (Wildman–Crippen MR) is 85.3 cm³/mol. The first-order valence-electron chi connectivity index (χ1n) is 7.93. The number of aliphatic hydroxyl groups excluding tert-OH is 1. The lowest BCUT2D eigenvalue weighted by atomic mass is 9.97. The molecule has 1 heterocycles. The molecule has 0 saturated carbocycles. The van der Waals surface area contributed by atoms with E-state index in [1.165, 1.54) is 5.56 Å². The molecule has 0 spiro atoms. The van der Waals surface area contributed by atoms with Gasteiger partial charge in [-0.05, 0) is 18.4 Å². The van der Waals surface area contributed by atoms with Gasteiger partial charge in [-0.1, -0.05) is 37.3 Å². The van der Waals surface area contributed by atoms with Crippen LogP contribution < -0.4 is 5.32 Å². The van der Waals surface area contributed by atoms with Crippen molar-refractivity contribution in [2.45, 2.75) is 25.9 Å². The smallest absolute Gasteiger partial charge is 0.0594 e. The van der Waals surface area contributed by atoms with Gasteiger partial charge in [0, 0.05) is 32.3 Å². The van der Waals surface area contributed by atoms with Gasteiger partial charge in [-0.3, -0.25) is 4.90 Å². The van der Waals surface area contributed by atoms with Gasteiger partial charge in [0.25, 0.3) is 0 Å². The number of morpholine rings is 1. The fourth-order valence-electron chi connectivity index (χ4n) is 2.88. The Morgan fingerprint density at radius 2 is 1.86 bits per heavy atom. The highest BCUT2D eigenvalue weighted by molar-refractivity contribution is 5.21. The average molecular weight is 292 g/mol. The molecule has 0 amide bonds. The van der Waals surface area contributed by atoms with Crippen LogP contribution in [0.1, 0.15) is 25.5 Å². The molecule has 0 radical (unpaired) electrons. The second kappa shape index (κ2) is 8.49. The van der Waals surface area contributed by atoms with E-state index in [4.69, 9.17) is 4.74 Å². The van der Waals surface area contributed by atoms with Gasteiger partial charge >= 0.3 is 0 Å². The Bertz CT molecular complexity index is 393. The molecular weight excluding hydrogens is 264 g/mol. The molecule has 1 aromatic carbocycles. The molecule has 1 aliphatic heterocycles. The summed E-state index contributed by atoms with van der Waals surface area (Å²) in [6.45, 7) is 8.93. The van der Waals surface area contributed by atoms with Crippen LogP contribution in [0.4, 0.5) is 0 Å². The van der Waals surface area contributed by atoms with Crippen molar-refractivity contribution < 1.29 is 9.84 Å². The van der Waals surface area contributed by atoms with E-state index in [9.17, 15) is 5.11 Å². The lowest BCUT2D eigenvalue weighted by Gasteiger charge is -2.38. The predicted octanol–water partition coefficient (Wildman–Crippen LogP) is 1.67. The fraction of sp³-hybridized carbons (Fsp3) is 0.647. The van der Waals surface area contributed by atoms with E-state index < -0.39 is 0 Å². The molecule has 1 aromatic rings. The monoisotopic (exact) mass is 292 g/mol. The maximum atomic E-state index is 9.19. The van der Waals surface area contributed by atoms with Gasteiger partial charge in [0.2, 0.25) is 0 Å². The maximum absolute atomic E-state index is 9.19. The van der Waals surface area contributed by atoms with Crippen LogP contribution >= 0.6 is 0 Å². The highest BCUT2D eigenvalue weighted by atomic mass is 16.5. The molecule has 0 aliphatic carbocycles. The number of nitrogens with one attached hydrogen (secondary N) is 1. The van der Waals surface area contributed by atoms with E-state index in [2.05, 4.69) is 54.4 Å². The summed E-state index contributed by atoms with van der Waals surface area (Å²) in [6, 6.07) is 11.4. The van der Waals surface area contributed by atoms with E-state index in [0.717, 1.165) is 32.8 Å². The van der Waals surface area contributed by atoms with Crippen molar-refractivity contribution in [1.29, 1.82) is 0 Å². The highest BCUT2D eigenvalue weighted by Gasteiger charge is 2.27. The van der Waals surface area contributed by atoms with Crippen LogP contribution in [0.3, 0.4) is 0 Å².